The minimum Gasteiger partial charge on any atom is -0.479 e. The number of hydrogen-bond donors (Lipinski definition) is 2. The molecule has 1 aromatic rings. The second kappa shape index (κ2) is 3.92. The van der Waals surface area contributed by atoms with Gasteiger partial charge in [-0.05, 0) is 30.4 Å². The van der Waals surface area contributed by atoms with E-state index in [-0.39, 0.29) is 11.7 Å². The van der Waals surface area contributed by atoms with Crippen LogP contribution in [-0.4, -0.2) is 23.4 Å². The maximum absolute atomic E-state index is 12.4. The van der Waals surface area contributed by atoms with Crippen molar-refractivity contribution in [3.63, 3.8) is 0 Å². The predicted octanol–water partition coefficient (Wildman–Crippen LogP) is 1.09. The van der Waals surface area contributed by atoms with Crippen LogP contribution in [0.2, 0.25) is 0 Å². The Balaban J connectivity index is 2.16. The van der Waals surface area contributed by atoms with E-state index in [1.807, 2.05) is 12.1 Å². The topological polar surface area (TPSA) is 66.4 Å². The Bertz CT molecular complexity index is 522. The molecular weight excluding hydrogens is 230 g/mol. The first-order valence-corrected chi connectivity index (χ1v) is 6.27. The number of carbonyl (C=O) groups is 2. The van der Waals surface area contributed by atoms with Gasteiger partial charge >= 0.3 is 5.97 Å². The summed E-state index contributed by atoms with van der Waals surface area (Å²) in [5, 5.41) is 12.6. The zero-order valence-corrected chi connectivity index (χ0v) is 9.98. The van der Waals surface area contributed by atoms with Crippen molar-refractivity contribution in [2.75, 3.05) is 6.54 Å². The quantitative estimate of drug-likeness (QED) is 0.782. The van der Waals surface area contributed by atoms with Gasteiger partial charge < -0.3 is 5.11 Å². The lowest BCUT2D eigenvalue weighted by atomic mass is 9.78. The number of carboxylic acid groups (broad SMARTS) is 1. The van der Waals surface area contributed by atoms with Crippen molar-refractivity contribution in [2.45, 2.75) is 24.8 Å². The molecule has 1 aliphatic heterocycles. The fourth-order valence-corrected chi connectivity index (χ4v) is 2.75. The van der Waals surface area contributed by atoms with Crippen LogP contribution in [0, 0.1) is 5.92 Å². The van der Waals surface area contributed by atoms with Gasteiger partial charge in [0.1, 0.15) is 0 Å². The highest BCUT2D eigenvalue weighted by atomic mass is 16.4. The van der Waals surface area contributed by atoms with E-state index >= 15 is 0 Å². The summed E-state index contributed by atoms with van der Waals surface area (Å²) >= 11 is 0. The lowest BCUT2D eigenvalue weighted by molar-refractivity contribution is -0.151. The lowest BCUT2D eigenvalue weighted by Crippen LogP contribution is -2.59. The lowest BCUT2D eigenvalue weighted by Gasteiger charge is -2.35. The van der Waals surface area contributed by atoms with Gasteiger partial charge in [-0.2, -0.15) is 0 Å². The summed E-state index contributed by atoms with van der Waals surface area (Å²) in [6, 6.07) is 7.35. The molecular formula is C14H15NO3. The standard InChI is InChI=1S/C14H15NO3/c16-12(10-5-6-10)14(13(17)18)11-4-2-1-3-9(11)7-8-15-14/h1-4,10,15H,5-8H2,(H,17,18). The summed E-state index contributed by atoms with van der Waals surface area (Å²) in [5.41, 5.74) is 0.0732. The van der Waals surface area contributed by atoms with Crippen LogP contribution in [0.1, 0.15) is 24.0 Å². The number of ketones is 1. The molecule has 1 atom stereocenters. The van der Waals surface area contributed by atoms with Gasteiger partial charge in [0.15, 0.2) is 5.78 Å². The van der Waals surface area contributed by atoms with Gasteiger partial charge in [-0.1, -0.05) is 24.3 Å². The highest BCUT2D eigenvalue weighted by Gasteiger charge is 2.54. The van der Waals surface area contributed by atoms with Gasteiger partial charge in [-0.15, -0.1) is 0 Å². The molecule has 1 aliphatic carbocycles. The highest BCUT2D eigenvalue weighted by Crippen LogP contribution is 2.40. The van der Waals surface area contributed by atoms with E-state index in [2.05, 4.69) is 5.32 Å². The number of hydrogen-bond acceptors (Lipinski definition) is 3. The van der Waals surface area contributed by atoms with Crippen molar-refractivity contribution in [3.05, 3.63) is 35.4 Å². The van der Waals surface area contributed by atoms with Crippen molar-refractivity contribution in [1.29, 1.82) is 0 Å². The Labute approximate surface area is 105 Å². The van der Waals surface area contributed by atoms with Crippen molar-refractivity contribution in [2.24, 2.45) is 5.92 Å². The zero-order valence-electron chi connectivity index (χ0n) is 9.98. The predicted molar refractivity (Wildman–Crippen MR) is 65.2 cm³/mol. The first-order chi connectivity index (χ1) is 8.66. The molecule has 18 heavy (non-hydrogen) atoms. The molecule has 0 aromatic heterocycles. The Morgan fingerprint density at radius 2 is 2.00 bits per heavy atom. The third-order valence-electron chi connectivity index (χ3n) is 3.84. The van der Waals surface area contributed by atoms with Crippen molar-refractivity contribution >= 4 is 11.8 Å². The molecule has 1 fully saturated rings. The van der Waals surface area contributed by atoms with Gasteiger partial charge in [-0.3, -0.25) is 10.1 Å². The summed E-state index contributed by atoms with van der Waals surface area (Å²) in [6.07, 6.45) is 2.40. The van der Waals surface area contributed by atoms with Crippen molar-refractivity contribution < 1.29 is 14.7 Å². The van der Waals surface area contributed by atoms with E-state index < -0.39 is 11.5 Å². The van der Waals surface area contributed by atoms with Crippen LogP contribution >= 0.6 is 0 Å². The van der Waals surface area contributed by atoms with E-state index in [9.17, 15) is 14.7 Å². The summed E-state index contributed by atoms with van der Waals surface area (Å²) < 4.78 is 0. The second-order valence-electron chi connectivity index (χ2n) is 5.03. The van der Waals surface area contributed by atoms with Gasteiger partial charge in [0.2, 0.25) is 5.54 Å². The molecule has 4 heteroatoms. The number of nitrogens with one attached hydrogen (secondary N) is 1. The molecule has 2 N–H and O–H groups in total. The van der Waals surface area contributed by atoms with E-state index in [1.54, 1.807) is 12.1 Å². The summed E-state index contributed by atoms with van der Waals surface area (Å²) in [5.74, 6) is -1.34. The van der Waals surface area contributed by atoms with Gasteiger partial charge in [0.25, 0.3) is 0 Å². The number of Topliss-reactive ketones (excluding diaryl/α,β-unsaturated/α-hetero) is 1. The van der Waals surface area contributed by atoms with E-state index in [1.165, 1.54) is 0 Å². The number of fused-ring (bicyclic) bond motifs is 1. The molecule has 3 rings (SSSR count). The Morgan fingerprint density at radius 3 is 2.67 bits per heavy atom. The molecule has 0 spiro atoms. The van der Waals surface area contributed by atoms with Crippen LogP contribution in [0.3, 0.4) is 0 Å². The van der Waals surface area contributed by atoms with Crippen LogP contribution in [0.25, 0.3) is 0 Å². The van der Waals surface area contributed by atoms with Crippen LogP contribution in [-0.2, 0) is 21.5 Å². The number of benzene rings is 1. The first kappa shape index (κ1) is 11.4. The minimum atomic E-state index is -1.52. The van der Waals surface area contributed by atoms with Crippen LogP contribution in [0.5, 0.6) is 0 Å². The zero-order chi connectivity index (χ0) is 12.8. The molecule has 0 radical (unpaired) electrons. The molecule has 0 amide bonds. The molecule has 0 saturated heterocycles. The Hall–Kier alpha value is -1.68. The molecule has 1 heterocycles. The van der Waals surface area contributed by atoms with Crippen LogP contribution < -0.4 is 5.32 Å². The number of carboxylic acids is 1. The maximum Gasteiger partial charge on any atom is 0.336 e. The SMILES string of the molecule is O=C(O)C1(C(=O)C2CC2)NCCc2ccccc21. The third kappa shape index (κ3) is 1.49. The average Bonchev–Trinajstić information content (AvgIpc) is 3.21. The fourth-order valence-electron chi connectivity index (χ4n) is 2.75. The maximum atomic E-state index is 12.4. The second-order valence-corrected chi connectivity index (χ2v) is 5.03. The van der Waals surface area contributed by atoms with E-state index in [0.29, 0.717) is 12.1 Å². The molecule has 1 aromatic carbocycles. The van der Waals surface area contributed by atoms with Gasteiger partial charge in [0, 0.05) is 12.5 Å². The van der Waals surface area contributed by atoms with Crippen molar-refractivity contribution in [1.82, 2.24) is 5.32 Å². The fraction of sp³-hybridized carbons (Fsp3) is 0.429. The molecule has 1 unspecified atom stereocenters. The number of aliphatic carboxylic acids is 1. The summed E-state index contributed by atoms with van der Waals surface area (Å²) in [7, 11) is 0. The normalized spacial score (nSPS) is 26.4. The Morgan fingerprint density at radius 1 is 1.28 bits per heavy atom. The first-order valence-electron chi connectivity index (χ1n) is 6.27. The van der Waals surface area contributed by atoms with Gasteiger partial charge in [0.05, 0.1) is 0 Å². The smallest absolute Gasteiger partial charge is 0.336 e. The van der Waals surface area contributed by atoms with Crippen molar-refractivity contribution in [3.8, 4) is 0 Å². The molecule has 2 aliphatic rings. The summed E-state index contributed by atoms with van der Waals surface area (Å²) in [6.45, 7) is 0.530. The van der Waals surface area contributed by atoms with E-state index in [4.69, 9.17) is 0 Å². The van der Waals surface area contributed by atoms with Crippen LogP contribution in [0.4, 0.5) is 0 Å². The molecule has 94 valence electrons. The number of rotatable bonds is 3. The highest BCUT2D eigenvalue weighted by molar-refractivity contribution is 6.10. The molecule has 0 bridgehead atoms. The largest absolute Gasteiger partial charge is 0.479 e. The molecule has 4 nitrogen and oxygen atoms in total. The monoisotopic (exact) mass is 245 g/mol. The number of carbonyl (C=O) groups excluding carboxylic acids is 1. The summed E-state index contributed by atoms with van der Waals surface area (Å²) in [4.78, 5) is 24.2. The van der Waals surface area contributed by atoms with E-state index in [0.717, 1.165) is 24.8 Å². The van der Waals surface area contributed by atoms with Crippen LogP contribution in [0.15, 0.2) is 24.3 Å². The minimum absolute atomic E-state index is 0.0836. The molecule has 1 saturated carbocycles. The van der Waals surface area contributed by atoms with Gasteiger partial charge in [-0.25, -0.2) is 4.79 Å². The Kier molecular flexibility index (Phi) is 2.48. The average molecular weight is 245 g/mol. The third-order valence-corrected chi connectivity index (χ3v) is 3.84.